The highest BCUT2D eigenvalue weighted by molar-refractivity contribution is 7.58. The monoisotopic (exact) mass is 441 g/mol. The minimum absolute atomic E-state index is 0.0243. The Morgan fingerprint density at radius 2 is 2.03 bits per heavy atom. The van der Waals surface area contributed by atoms with Crippen molar-refractivity contribution in [3.63, 3.8) is 0 Å². The lowest BCUT2D eigenvalue weighted by atomic mass is 9.93. The van der Waals surface area contributed by atoms with E-state index in [0.717, 1.165) is 0 Å². The molecule has 2 rings (SSSR count). The van der Waals surface area contributed by atoms with Gasteiger partial charge in [-0.25, -0.2) is 4.79 Å². The molecule has 2 heterocycles. The summed E-state index contributed by atoms with van der Waals surface area (Å²) in [5.41, 5.74) is -1.01. The quantitative estimate of drug-likeness (QED) is 0.450. The van der Waals surface area contributed by atoms with E-state index in [1.807, 2.05) is 34.6 Å². The number of aromatic amines is 1. The Bertz CT molecular complexity index is 968. The number of nitrogens with one attached hydrogen (secondary N) is 2. The highest BCUT2D eigenvalue weighted by Gasteiger charge is 2.41. The average molecular weight is 441 g/mol. The van der Waals surface area contributed by atoms with Gasteiger partial charge in [-0.1, -0.05) is 25.7 Å². The summed E-state index contributed by atoms with van der Waals surface area (Å²) < 4.78 is 17.6. The predicted molar refractivity (Wildman–Crippen MR) is 117 cm³/mol. The molecule has 0 spiro atoms. The SMILES string of the molecule is C=P(O)(OC)OCC1OC(n2cc(C#CCNC(C)(C)C)c(=O)[nH]c2=O)C(C)C1C. The van der Waals surface area contributed by atoms with Crippen LogP contribution in [0.1, 0.15) is 46.4 Å². The molecule has 0 radical (unpaired) electrons. The van der Waals surface area contributed by atoms with Gasteiger partial charge in [0.1, 0.15) is 11.8 Å². The van der Waals surface area contributed by atoms with Gasteiger partial charge in [0.2, 0.25) is 7.57 Å². The molecule has 168 valence electrons. The van der Waals surface area contributed by atoms with Crippen LogP contribution in [0.4, 0.5) is 0 Å². The van der Waals surface area contributed by atoms with Gasteiger partial charge in [0.25, 0.3) is 5.56 Å². The molecular formula is C20H32N3O6P. The Hall–Kier alpha value is -1.66. The number of rotatable bonds is 6. The van der Waals surface area contributed by atoms with Crippen LogP contribution in [0, 0.1) is 23.7 Å². The fraction of sp³-hybridized carbons (Fsp3) is 0.650. The molecule has 10 heteroatoms. The molecule has 1 aromatic heterocycles. The fourth-order valence-electron chi connectivity index (χ4n) is 2.99. The summed E-state index contributed by atoms with van der Waals surface area (Å²) in [6.45, 7) is 10.5. The van der Waals surface area contributed by atoms with E-state index in [2.05, 4.69) is 28.4 Å². The highest BCUT2D eigenvalue weighted by atomic mass is 31.2. The van der Waals surface area contributed by atoms with Crippen LogP contribution in [0.15, 0.2) is 15.8 Å². The first-order chi connectivity index (χ1) is 13.8. The van der Waals surface area contributed by atoms with Gasteiger partial charge in [-0.2, -0.15) is 0 Å². The van der Waals surface area contributed by atoms with Gasteiger partial charge in [0.15, 0.2) is 0 Å². The molecule has 9 nitrogen and oxygen atoms in total. The highest BCUT2D eigenvalue weighted by Crippen LogP contribution is 2.44. The second-order valence-electron chi connectivity index (χ2n) is 8.51. The molecule has 30 heavy (non-hydrogen) atoms. The smallest absolute Gasteiger partial charge is 0.330 e. The molecule has 3 N–H and O–H groups in total. The third-order valence-electron chi connectivity index (χ3n) is 5.08. The zero-order valence-electron chi connectivity index (χ0n) is 18.4. The van der Waals surface area contributed by atoms with E-state index in [1.165, 1.54) is 17.9 Å². The third-order valence-corrected chi connectivity index (χ3v) is 6.20. The topological polar surface area (TPSA) is 115 Å². The second kappa shape index (κ2) is 9.65. The molecule has 0 aliphatic carbocycles. The normalized spacial score (nSPS) is 26.1. The van der Waals surface area contributed by atoms with Crippen LogP contribution in [-0.4, -0.2) is 52.6 Å². The average Bonchev–Trinajstić information content (AvgIpc) is 2.92. The lowest BCUT2D eigenvalue weighted by Crippen LogP contribution is -2.36. The Morgan fingerprint density at radius 3 is 2.63 bits per heavy atom. The minimum atomic E-state index is -3.14. The maximum Gasteiger partial charge on any atom is 0.330 e. The van der Waals surface area contributed by atoms with Crippen LogP contribution >= 0.6 is 7.57 Å². The van der Waals surface area contributed by atoms with Crippen molar-refractivity contribution < 1.29 is 18.7 Å². The lowest BCUT2D eigenvalue weighted by molar-refractivity contribution is -0.0354. The Balaban J connectivity index is 2.22. The maximum absolute atomic E-state index is 12.4. The van der Waals surface area contributed by atoms with Crippen LogP contribution in [0.2, 0.25) is 0 Å². The Kier molecular flexibility index (Phi) is 7.91. The summed E-state index contributed by atoms with van der Waals surface area (Å²) in [6, 6.07) is 0. The number of H-pyrrole nitrogens is 1. The van der Waals surface area contributed by atoms with E-state index in [9.17, 15) is 14.5 Å². The number of hydrogen-bond donors (Lipinski definition) is 3. The van der Waals surface area contributed by atoms with Crippen molar-refractivity contribution in [1.82, 2.24) is 14.9 Å². The lowest BCUT2D eigenvalue weighted by Gasteiger charge is -2.20. The van der Waals surface area contributed by atoms with Crippen molar-refractivity contribution in [2.45, 2.75) is 52.5 Å². The number of nitrogens with zero attached hydrogens (tertiary/aromatic N) is 1. The van der Waals surface area contributed by atoms with E-state index in [0.29, 0.717) is 6.54 Å². The van der Waals surface area contributed by atoms with Crippen molar-refractivity contribution in [3.05, 3.63) is 32.6 Å². The van der Waals surface area contributed by atoms with Crippen molar-refractivity contribution in [1.29, 1.82) is 0 Å². The van der Waals surface area contributed by atoms with Crippen LogP contribution in [0.25, 0.3) is 0 Å². The molecule has 1 aromatic rings. The van der Waals surface area contributed by atoms with Crippen LogP contribution < -0.4 is 16.6 Å². The molecule has 1 aliphatic heterocycles. The zero-order valence-corrected chi connectivity index (χ0v) is 19.3. The fourth-order valence-corrected chi connectivity index (χ4v) is 3.48. The largest absolute Gasteiger partial charge is 0.352 e. The summed E-state index contributed by atoms with van der Waals surface area (Å²) in [4.78, 5) is 36.8. The second-order valence-corrected chi connectivity index (χ2v) is 10.4. The first-order valence-corrected chi connectivity index (χ1v) is 11.5. The van der Waals surface area contributed by atoms with E-state index in [1.54, 1.807) is 0 Å². The van der Waals surface area contributed by atoms with Crippen molar-refractivity contribution in [2.24, 2.45) is 11.8 Å². The van der Waals surface area contributed by atoms with E-state index in [4.69, 9.17) is 13.8 Å². The standard InChI is InChI=1S/C20H32N3O6P/c1-13-14(2)18(29-16(13)12-28-30(7,26)27-6)23-11-15(17(24)22-19(23)25)9-8-10-21-20(3,4)5/h11,13-14,16,18,21,26H,7,10,12H2,1-6H3,(H,22,24,25). The van der Waals surface area contributed by atoms with Crippen LogP contribution in [-0.2, 0) is 13.8 Å². The first-order valence-electron chi connectivity index (χ1n) is 9.76. The summed E-state index contributed by atoms with van der Waals surface area (Å²) >= 11 is 0. The number of aromatic nitrogens is 2. The molecule has 5 unspecified atom stereocenters. The molecule has 1 fully saturated rings. The van der Waals surface area contributed by atoms with Crippen molar-refractivity contribution >= 4 is 13.9 Å². The molecule has 0 amide bonds. The van der Waals surface area contributed by atoms with Gasteiger partial charge >= 0.3 is 5.69 Å². The summed E-state index contributed by atoms with van der Waals surface area (Å²) in [5.74, 6) is 5.70. The van der Waals surface area contributed by atoms with Gasteiger partial charge in [-0.15, -0.1) is 0 Å². The minimum Gasteiger partial charge on any atom is -0.352 e. The van der Waals surface area contributed by atoms with Gasteiger partial charge < -0.3 is 24.0 Å². The van der Waals surface area contributed by atoms with Gasteiger partial charge in [0, 0.05) is 24.8 Å². The molecule has 5 atom stereocenters. The summed E-state index contributed by atoms with van der Waals surface area (Å²) in [5, 5.41) is 3.22. The Labute approximate surface area is 177 Å². The molecular weight excluding hydrogens is 409 g/mol. The van der Waals surface area contributed by atoms with Crippen molar-refractivity contribution in [3.8, 4) is 11.8 Å². The Morgan fingerprint density at radius 1 is 1.37 bits per heavy atom. The molecule has 0 saturated carbocycles. The summed E-state index contributed by atoms with van der Waals surface area (Å²) in [6.07, 6.45) is 3.96. The van der Waals surface area contributed by atoms with E-state index in [-0.39, 0.29) is 35.6 Å². The molecule has 1 saturated heterocycles. The molecule has 0 bridgehead atoms. The molecule has 1 aliphatic rings. The number of ether oxygens (including phenoxy) is 1. The van der Waals surface area contributed by atoms with Crippen LogP contribution in [0.3, 0.4) is 0 Å². The van der Waals surface area contributed by atoms with Gasteiger partial charge in [-0.3, -0.25) is 14.3 Å². The van der Waals surface area contributed by atoms with E-state index >= 15 is 0 Å². The predicted octanol–water partition coefficient (Wildman–Crippen LogP) is 1.30. The van der Waals surface area contributed by atoms with Crippen molar-refractivity contribution in [2.75, 3.05) is 20.3 Å². The molecule has 0 aromatic carbocycles. The zero-order chi connectivity index (χ0) is 22.7. The van der Waals surface area contributed by atoms with Gasteiger partial charge in [-0.05, 0) is 33.0 Å². The maximum atomic E-state index is 12.4. The van der Waals surface area contributed by atoms with Gasteiger partial charge in [0.05, 0.1) is 19.3 Å². The number of hydrogen-bond acceptors (Lipinski definition) is 7. The van der Waals surface area contributed by atoms with E-state index < -0.39 is 25.0 Å². The summed E-state index contributed by atoms with van der Waals surface area (Å²) in [7, 11) is -1.81. The van der Waals surface area contributed by atoms with Crippen LogP contribution in [0.5, 0.6) is 0 Å². The first kappa shape index (κ1) is 24.6. The third kappa shape index (κ3) is 6.42.